The third-order valence-electron chi connectivity index (χ3n) is 1.76. The van der Waals surface area contributed by atoms with E-state index in [1.165, 1.54) is 32.1 Å². The molecule has 0 nitrogen and oxygen atoms in total. The second-order valence-corrected chi connectivity index (χ2v) is 4.85. The Morgan fingerprint density at radius 1 is 1.12 bits per heavy atom. The van der Waals surface area contributed by atoms with Crippen molar-refractivity contribution in [2.75, 3.05) is 0 Å². The van der Waals surface area contributed by atoms with Crippen LogP contribution >= 0.6 is 22.8 Å². The van der Waals surface area contributed by atoms with E-state index in [4.69, 9.17) is 0 Å². The van der Waals surface area contributed by atoms with E-state index >= 15 is 0 Å². The van der Waals surface area contributed by atoms with Gasteiger partial charge in [0, 0.05) is 0 Å². The third-order valence-corrected chi connectivity index (χ3v) is 4.59. The zero-order valence-corrected chi connectivity index (χ0v) is 7.58. The van der Waals surface area contributed by atoms with Gasteiger partial charge in [0.25, 0.3) is 0 Å². The molecule has 1 fully saturated rings. The summed E-state index contributed by atoms with van der Waals surface area (Å²) in [7, 11) is 1.02. The van der Waals surface area contributed by atoms with E-state index in [-0.39, 0.29) is 0 Å². The molecule has 0 heterocycles. The molecule has 0 N–H and O–H groups in total. The van der Waals surface area contributed by atoms with Crippen LogP contribution in [0.1, 0.15) is 32.1 Å². The Morgan fingerprint density at radius 2 is 1.75 bits per heavy atom. The summed E-state index contributed by atoms with van der Waals surface area (Å²) in [6.45, 7) is 0. The van der Waals surface area contributed by atoms with E-state index in [1.807, 2.05) is 0 Å². The molecule has 1 unspecified atom stereocenters. The normalized spacial score (nSPS) is 25.1. The molecule has 1 saturated carbocycles. The van der Waals surface area contributed by atoms with Crippen molar-refractivity contribution in [1.29, 1.82) is 0 Å². The van der Waals surface area contributed by atoms with E-state index in [1.54, 1.807) is 0 Å². The minimum absolute atomic E-state index is 1.02. The molecule has 0 aliphatic heterocycles. The minimum Gasteiger partial charge on any atom is -0.0639 e. The molecule has 0 amide bonds. The van der Waals surface area contributed by atoms with Gasteiger partial charge >= 0.3 is 0 Å². The monoisotopic (exact) mass is 194 g/mol. The first kappa shape index (κ1) is 7.02. The van der Waals surface area contributed by atoms with E-state index in [2.05, 4.69) is 15.5 Å². The minimum atomic E-state index is 1.02. The molecule has 8 heavy (non-hydrogen) atoms. The first-order valence-electron chi connectivity index (χ1n) is 3.29. The molecule has 0 spiro atoms. The molecule has 0 aromatic rings. The van der Waals surface area contributed by atoms with Crippen molar-refractivity contribution in [2.45, 2.75) is 37.8 Å². The fourth-order valence-corrected chi connectivity index (χ4v) is 3.21. The fraction of sp³-hybridized carbons (Fsp3) is 1.00. The average molecular weight is 195 g/mol. The lowest BCUT2D eigenvalue weighted by Gasteiger charge is -2.17. The van der Waals surface area contributed by atoms with Crippen LogP contribution in [0.5, 0.6) is 0 Å². The van der Waals surface area contributed by atoms with Gasteiger partial charge in [-0.2, -0.15) is 0 Å². The zero-order chi connectivity index (χ0) is 5.82. The standard InChI is InChI=1S/C6H12BrP/c7-8-6-4-2-1-3-5-6/h6,8H,1-5H2. The van der Waals surface area contributed by atoms with Gasteiger partial charge in [0.2, 0.25) is 0 Å². The van der Waals surface area contributed by atoms with Crippen LogP contribution in [-0.4, -0.2) is 5.66 Å². The lowest BCUT2D eigenvalue weighted by molar-refractivity contribution is 0.515. The van der Waals surface area contributed by atoms with Gasteiger partial charge in [0.05, 0.1) is 0 Å². The van der Waals surface area contributed by atoms with Crippen LogP contribution in [0, 0.1) is 0 Å². The number of hydrogen-bond donors (Lipinski definition) is 0. The average Bonchev–Trinajstić information content (AvgIpc) is 1.90. The summed E-state index contributed by atoms with van der Waals surface area (Å²) in [5.74, 6) is 0. The van der Waals surface area contributed by atoms with Gasteiger partial charge < -0.3 is 0 Å². The summed E-state index contributed by atoms with van der Waals surface area (Å²) in [4.78, 5) is 0. The maximum absolute atomic E-state index is 3.54. The summed E-state index contributed by atoms with van der Waals surface area (Å²) in [5.41, 5.74) is 1.03. The molecular weight excluding hydrogens is 183 g/mol. The van der Waals surface area contributed by atoms with Gasteiger partial charge in [-0.1, -0.05) is 34.8 Å². The predicted molar refractivity (Wildman–Crippen MR) is 44.1 cm³/mol. The van der Waals surface area contributed by atoms with Gasteiger partial charge in [-0.25, -0.2) is 0 Å². The molecule has 48 valence electrons. The molecule has 1 aliphatic carbocycles. The number of hydrogen-bond acceptors (Lipinski definition) is 0. The lowest BCUT2D eigenvalue weighted by Crippen LogP contribution is -2.04. The largest absolute Gasteiger partial charge is 0.0639 e. The van der Waals surface area contributed by atoms with Crippen LogP contribution in [-0.2, 0) is 0 Å². The van der Waals surface area contributed by atoms with Crippen LogP contribution < -0.4 is 0 Å². The summed E-state index contributed by atoms with van der Waals surface area (Å²) >= 11 is 3.54. The first-order valence-corrected chi connectivity index (χ1v) is 6.63. The molecule has 0 aromatic heterocycles. The Kier molecular flexibility index (Phi) is 3.38. The molecule has 0 aromatic carbocycles. The van der Waals surface area contributed by atoms with Crippen molar-refractivity contribution in [1.82, 2.24) is 0 Å². The summed E-state index contributed by atoms with van der Waals surface area (Å²) in [6.07, 6.45) is 7.38. The van der Waals surface area contributed by atoms with Crippen LogP contribution in [0.3, 0.4) is 0 Å². The molecular formula is C6H12BrP. The van der Waals surface area contributed by atoms with Crippen molar-refractivity contribution in [3.8, 4) is 0 Å². The van der Waals surface area contributed by atoms with Crippen molar-refractivity contribution in [2.24, 2.45) is 0 Å². The molecule has 1 atom stereocenters. The molecule has 2 heteroatoms. The molecule has 0 bridgehead atoms. The summed E-state index contributed by atoms with van der Waals surface area (Å²) < 4.78 is 0. The van der Waals surface area contributed by atoms with Crippen molar-refractivity contribution >= 4 is 22.8 Å². The van der Waals surface area contributed by atoms with Crippen LogP contribution in [0.15, 0.2) is 0 Å². The maximum Gasteiger partial charge on any atom is -0.0138 e. The third kappa shape index (κ3) is 2.03. The highest BCUT2D eigenvalue weighted by molar-refractivity contribution is 9.36. The van der Waals surface area contributed by atoms with Gasteiger partial charge in [0.1, 0.15) is 0 Å². The number of rotatable bonds is 1. The molecule has 0 saturated heterocycles. The predicted octanol–water partition coefficient (Wildman–Crippen LogP) is 3.31. The quantitative estimate of drug-likeness (QED) is 0.563. The highest BCUT2D eigenvalue weighted by atomic mass is 79.9. The van der Waals surface area contributed by atoms with Crippen LogP contribution in [0.25, 0.3) is 0 Å². The molecule has 1 aliphatic rings. The number of halogens is 1. The maximum atomic E-state index is 3.54. The Bertz CT molecular complexity index is 59.5. The Morgan fingerprint density at radius 3 is 2.12 bits per heavy atom. The topological polar surface area (TPSA) is 0 Å². The Labute approximate surface area is 61.0 Å². The van der Waals surface area contributed by atoms with Gasteiger partial charge in [0.15, 0.2) is 0 Å². The Balaban J connectivity index is 2.13. The Hall–Kier alpha value is 0.910. The second-order valence-electron chi connectivity index (χ2n) is 2.44. The smallest absolute Gasteiger partial charge is 0.0138 e. The highest BCUT2D eigenvalue weighted by Crippen LogP contribution is 2.36. The summed E-state index contributed by atoms with van der Waals surface area (Å²) in [5, 5.41) is 0. The van der Waals surface area contributed by atoms with E-state index < -0.39 is 0 Å². The van der Waals surface area contributed by atoms with Gasteiger partial charge in [-0.05, 0) is 25.8 Å². The molecule has 0 radical (unpaired) electrons. The van der Waals surface area contributed by atoms with E-state index in [0.29, 0.717) is 0 Å². The van der Waals surface area contributed by atoms with Crippen LogP contribution in [0.4, 0.5) is 0 Å². The first-order chi connectivity index (χ1) is 3.93. The van der Waals surface area contributed by atoms with Gasteiger partial charge in [-0.15, -0.1) is 0 Å². The fourth-order valence-electron chi connectivity index (χ4n) is 1.21. The highest BCUT2D eigenvalue weighted by Gasteiger charge is 2.10. The van der Waals surface area contributed by atoms with Crippen molar-refractivity contribution < 1.29 is 0 Å². The van der Waals surface area contributed by atoms with E-state index in [0.717, 1.165) is 12.9 Å². The summed E-state index contributed by atoms with van der Waals surface area (Å²) in [6, 6.07) is 0. The van der Waals surface area contributed by atoms with Crippen molar-refractivity contribution in [3.63, 3.8) is 0 Å². The zero-order valence-electron chi connectivity index (χ0n) is 4.99. The van der Waals surface area contributed by atoms with E-state index in [9.17, 15) is 0 Å². The van der Waals surface area contributed by atoms with Crippen LogP contribution in [0.2, 0.25) is 0 Å². The SMILES string of the molecule is BrPC1CCCCC1. The second kappa shape index (κ2) is 3.85. The lowest BCUT2D eigenvalue weighted by atomic mass is 10.0. The molecule has 1 rings (SSSR count). The van der Waals surface area contributed by atoms with Crippen molar-refractivity contribution in [3.05, 3.63) is 0 Å². The van der Waals surface area contributed by atoms with Gasteiger partial charge in [-0.3, -0.25) is 0 Å².